The van der Waals surface area contributed by atoms with Crippen molar-refractivity contribution in [1.82, 2.24) is 5.32 Å². The van der Waals surface area contributed by atoms with Gasteiger partial charge in [-0.15, -0.1) is 0 Å². The van der Waals surface area contributed by atoms with Crippen molar-refractivity contribution in [2.24, 2.45) is 0 Å². The molecule has 3 atom stereocenters. The maximum atomic E-state index is 13.3. The number of carbonyl (C=O) groups is 2. The normalized spacial score (nSPS) is 13.7. The molecule has 0 aromatic heterocycles. The average Bonchev–Trinajstić information content (AvgIpc) is 3.32. The van der Waals surface area contributed by atoms with Crippen LogP contribution in [0.3, 0.4) is 0 Å². The summed E-state index contributed by atoms with van der Waals surface area (Å²) in [5.41, 5.74) is 0. The van der Waals surface area contributed by atoms with Crippen LogP contribution in [0.1, 0.15) is 278 Å². The summed E-state index contributed by atoms with van der Waals surface area (Å²) in [6.07, 6.45) is 69.6. The van der Waals surface area contributed by atoms with Crippen LogP contribution in [0.25, 0.3) is 0 Å². The minimum absolute atomic E-state index is 0.0480. The number of esters is 1. The fraction of sp³-hybridized carbons (Fsp3) is 0.770. The molecule has 3 N–H and O–H groups in total. The van der Waals surface area contributed by atoms with Gasteiger partial charge in [-0.3, -0.25) is 9.59 Å². The summed E-state index contributed by atoms with van der Waals surface area (Å²) in [6, 6.07) is -0.719. The van der Waals surface area contributed by atoms with Crippen LogP contribution < -0.4 is 5.32 Å². The zero-order valence-corrected chi connectivity index (χ0v) is 44.3. The van der Waals surface area contributed by atoms with Crippen LogP contribution in [0, 0.1) is 0 Å². The van der Waals surface area contributed by atoms with Crippen LogP contribution >= 0.6 is 0 Å². The van der Waals surface area contributed by atoms with Crippen molar-refractivity contribution in [2.75, 3.05) is 6.61 Å². The van der Waals surface area contributed by atoms with Crippen molar-refractivity contribution in [3.63, 3.8) is 0 Å². The zero-order valence-electron chi connectivity index (χ0n) is 44.3. The first kappa shape index (κ1) is 64.3. The number of aliphatic hydroxyl groups is 2. The molecule has 0 aromatic rings. The van der Waals surface area contributed by atoms with Crippen LogP contribution in [-0.4, -0.2) is 46.9 Å². The summed E-state index contributed by atoms with van der Waals surface area (Å²) in [5, 5.41) is 23.9. The lowest BCUT2D eigenvalue weighted by Gasteiger charge is -2.24. The molecule has 0 radical (unpaired) electrons. The predicted molar refractivity (Wildman–Crippen MR) is 291 cm³/mol. The van der Waals surface area contributed by atoms with Gasteiger partial charge in [-0.2, -0.15) is 0 Å². The van der Waals surface area contributed by atoms with E-state index in [0.717, 1.165) is 83.5 Å². The molecule has 0 bridgehead atoms. The number of amides is 1. The Morgan fingerprint density at radius 2 is 0.806 bits per heavy atom. The second-order valence-electron chi connectivity index (χ2n) is 19.4. The van der Waals surface area contributed by atoms with E-state index in [2.05, 4.69) is 99.0 Å². The van der Waals surface area contributed by atoms with Crippen molar-refractivity contribution in [3.05, 3.63) is 72.9 Å². The first-order valence-corrected chi connectivity index (χ1v) is 28.7. The monoisotopic (exact) mass is 936 g/mol. The third kappa shape index (κ3) is 49.5. The molecule has 0 heterocycles. The van der Waals surface area contributed by atoms with Gasteiger partial charge in [0.15, 0.2) is 0 Å². The number of ether oxygens (including phenoxy) is 1. The van der Waals surface area contributed by atoms with E-state index in [-0.39, 0.29) is 24.9 Å². The van der Waals surface area contributed by atoms with Gasteiger partial charge in [0.1, 0.15) is 6.10 Å². The summed E-state index contributed by atoms with van der Waals surface area (Å²) in [6.45, 7) is 6.35. The third-order valence-corrected chi connectivity index (χ3v) is 12.9. The Kier molecular flexibility index (Phi) is 52.1. The van der Waals surface area contributed by atoms with Gasteiger partial charge in [-0.05, 0) is 70.6 Å². The smallest absolute Gasteiger partial charge is 0.306 e. The van der Waals surface area contributed by atoms with Crippen LogP contribution in [0.15, 0.2) is 72.9 Å². The van der Waals surface area contributed by atoms with Crippen LogP contribution in [-0.2, 0) is 14.3 Å². The van der Waals surface area contributed by atoms with E-state index in [1.165, 1.54) is 148 Å². The zero-order chi connectivity index (χ0) is 48.8. The molecule has 0 aromatic carbocycles. The van der Waals surface area contributed by atoms with Crippen molar-refractivity contribution >= 4 is 11.9 Å². The lowest BCUT2D eigenvalue weighted by Crippen LogP contribution is -2.46. The molecule has 3 unspecified atom stereocenters. The van der Waals surface area contributed by atoms with E-state index in [1.807, 2.05) is 0 Å². The average molecular weight is 937 g/mol. The van der Waals surface area contributed by atoms with Crippen molar-refractivity contribution in [2.45, 2.75) is 296 Å². The van der Waals surface area contributed by atoms with E-state index in [9.17, 15) is 19.8 Å². The summed E-state index contributed by atoms with van der Waals surface area (Å²) >= 11 is 0. The van der Waals surface area contributed by atoms with Crippen molar-refractivity contribution in [1.29, 1.82) is 0 Å². The number of nitrogens with one attached hydrogen (secondary N) is 1. The van der Waals surface area contributed by atoms with Crippen molar-refractivity contribution in [3.8, 4) is 0 Å². The second-order valence-corrected chi connectivity index (χ2v) is 19.4. The first-order valence-electron chi connectivity index (χ1n) is 28.7. The van der Waals surface area contributed by atoms with Gasteiger partial charge in [0.25, 0.3) is 0 Å². The Hall–Kier alpha value is -2.70. The topological polar surface area (TPSA) is 95.9 Å². The molecule has 67 heavy (non-hydrogen) atoms. The Balaban J connectivity index is 4.62. The van der Waals surface area contributed by atoms with E-state index in [1.54, 1.807) is 0 Å². The molecule has 6 heteroatoms. The minimum Gasteiger partial charge on any atom is -0.462 e. The molecule has 0 saturated carbocycles. The lowest BCUT2D eigenvalue weighted by atomic mass is 10.0. The van der Waals surface area contributed by atoms with Gasteiger partial charge >= 0.3 is 5.97 Å². The van der Waals surface area contributed by atoms with E-state index >= 15 is 0 Å². The van der Waals surface area contributed by atoms with Gasteiger partial charge in [0, 0.05) is 6.42 Å². The Bertz CT molecular complexity index is 1230. The molecular weight excluding hydrogens is 827 g/mol. The lowest BCUT2D eigenvalue weighted by molar-refractivity contribution is -0.151. The molecule has 0 aliphatic heterocycles. The number of hydrogen-bond donors (Lipinski definition) is 3. The number of allylic oxidation sites excluding steroid dienone is 12. The maximum Gasteiger partial charge on any atom is 0.306 e. The molecule has 388 valence electrons. The maximum absolute atomic E-state index is 13.3. The molecule has 1 amide bonds. The van der Waals surface area contributed by atoms with Gasteiger partial charge in [-0.25, -0.2) is 0 Å². The highest BCUT2D eigenvalue weighted by Gasteiger charge is 2.24. The molecule has 0 aliphatic rings. The minimum atomic E-state index is -0.803. The van der Waals surface area contributed by atoms with Crippen LogP contribution in [0.4, 0.5) is 0 Å². The van der Waals surface area contributed by atoms with Gasteiger partial charge in [0.05, 0.1) is 25.2 Å². The Morgan fingerprint density at radius 1 is 0.448 bits per heavy atom. The number of hydrogen-bond acceptors (Lipinski definition) is 5. The van der Waals surface area contributed by atoms with E-state index in [0.29, 0.717) is 19.3 Å². The highest BCUT2D eigenvalue weighted by Crippen LogP contribution is 2.18. The van der Waals surface area contributed by atoms with Gasteiger partial charge < -0.3 is 20.3 Å². The van der Waals surface area contributed by atoms with Crippen LogP contribution in [0.5, 0.6) is 0 Å². The highest BCUT2D eigenvalue weighted by molar-refractivity contribution is 5.77. The molecule has 0 rings (SSSR count). The standard InChI is InChI=1S/C61H109NO5/c1-4-7-10-13-16-19-22-25-28-30-33-35-38-41-44-47-50-53-59(64)58(56-63)62-60(65)55-57(52-49-46-43-40-37-34-32-29-26-23-20-17-14-11-8-5-2)67-61(66)54-51-48-45-42-39-36-31-27-24-21-18-15-12-9-6-3/h9,12,15,18,21,23-24,26,29,32,34,37,57-59,63-64H,4-8,10-11,13-14,16-17,19-20,22,25,27-28,30-31,33,35-36,38-56H2,1-3H3,(H,62,65)/b12-9+,18-15+,24-21+,26-23+,32-29+,37-34+. The molecule has 0 aliphatic carbocycles. The first-order chi connectivity index (χ1) is 33.0. The van der Waals surface area contributed by atoms with Crippen molar-refractivity contribution < 1.29 is 24.5 Å². The summed E-state index contributed by atoms with van der Waals surface area (Å²) in [5.74, 6) is -0.517. The Labute approximate surface area is 415 Å². The summed E-state index contributed by atoms with van der Waals surface area (Å²) in [7, 11) is 0. The third-order valence-electron chi connectivity index (χ3n) is 12.9. The van der Waals surface area contributed by atoms with E-state index in [4.69, 9.17) is 4.74 Å². The van der Waals surface area contributed by atoms with E-state index < -0.39 is 18.2 Å². The second kappa shape index (κ2) is 54.2. The SMILES string of the molecule is CC/C=C/C=C/C=C/CCCCCCCCCC(=O)OC(CCCCC/C=C/C=C/C=C/CCCCCCC)CC(=O)NC(CO)C(O)CCCCCCCCCCCCCCCCCCC. The van der Waals surface area contributed by atoms with Crippen LogP contribution in [0.2, 0.25) is 0 Å². The van der Waals surface area contributed by atoms with Gasteiger partial charge in [-0.1, -0.05) is 267 Å². The summed E-state index contributed by atoms with van der Waals surface area (Å²) < 4.78 is 5.94. The fourth-order valence-electron chi connectivity index (χ4n) is 8.55. The quantitative estimate of drug-likeness (QED) is 0.0321. The number of carbonyl (C=O) groups excluding carboxylic acids is 2. The molecule has 6 nitrogen and oxygen atoms in total. The number of aliphatic hydroxyl groups excluding tert-OH is 2. The molecular formula is C61H109NO5. The number of rotatable bonds is 51. The van der Waals surface area contributed by atoms with Gasteiger partial charge in [0.2, 0.25) is 5.91 Å². The number of unbranched alkanes of at least 4 members (excludes halogenated alkanes) is 31. The summed E-state index contributed by atoms with van der Waals surface area (Å²) in [4.78, 5) is 26.3. The highest BCUT2D eigenvalue weighted by atomic mass is 16.5. The molecule has 0 spiro atoms. The largest absolute Gasteiger partial charge is 0.462 e. The molecule has 0 fully saturated rings. The fourth-order valence-corrected chi connectivity index (χ4v) is 8.55. The Morgan fingerprint density at radius 3 is 1.22 bits per heavy atom. The predicted octanol–water partition coefficient (Wildman–Crippen LogP) is 17.7. The molecule has 0 saturated heterocycles.